The van der Waals surface area contributed by atoms with E-state index in [1.54, 1.807) is 10.9 Å². The molecule has 1 N–H and O–H groups in total. The molecular weight excluding hydrogens is 324 g/mol. The van der Waals surface area contributed by atoms with Crippen molar-refractivity contribution in [3.8, 4) is 10.6 Å². The van der Waals surface area contributed by atoms with Crippen LogP contribution in [-0.4, -0.2) is 31.1 Å². The summed E-state index contributed by atoms with van der Waals surface area (Å²) in [6, 6.07) is 10.0. The van der Waals surface area contributed by atoms with E-state index in [4.69, 9.17) is 0 Å². The van der Waals surface area contributed by atoms with Crippen molar-refractivity contribution in [3.63, 3.8) is 0 Å². The molecule has 2 aromatic heterocycles. The first-order valence-electron chi connectivity index (χ1n) is 7.82. The Balaban J connectivity index is 1.44. The number of rotatable bonds is 5. The maximum absolute atomic E-state index is 12.3. The summed E-state index contributed by atoms with van der Waals surface area (Å²) in [6.07, 6.45) is 3.91. The lowest BCUT2D eigenvalue weighted by molar-refractivity contribution is 0.0934. The molecule has 1 atom stereocenters. The lowest BCUT2D eigenvalue weighted by Crippen LogP contribution is -2.26. The van der Waals surface area contributed by atoms with Gasteiger partial charge in [0.25, 0.3) is 5.91 Å². The zero-order valence-corrected chi connectivity index (χ0v) is 13.9. The number of carbonyl (C=O) groups is 1. The van der Waals surface area contributed by atoms with Crippen LogP contribution in [0.15, 0.2) is 36.5 Å². The molecule has 24 heavy (non-hydrogen) atoms. The van der Waals surface area contributed by atoms with Crippen LogP contribution in [0.5, 0.6) is 0 Å². The van der Waals surface area contributed by atoms with Gasteiger partial charge in [0, 0.05) is 5.56 Å². The number of nitrogens with one attached hydrogen (secondary N) is 1. The Kier molecular flexibility index (Phi) is 3.81. The van der Waals surface area contributed by atoms with E-state index in [2.05, 4.69) is 25.8 Å². The van der Waals surface area contributed by atoms with Crippen molar-refractivity contribution in [1.82, 2.24) is 30.5 Å². The van der Waals surface area contributed by atoms with Gasteiger partial charge in [0.2, 0.25) is 0 Å². The van der Waals surface area contributed by atoms with Crippen molar-refractivity contribution in [2.75, 3.05) is 0 Å². The maximum atomic E-state index is 12.3. The third-order valence-corrected chi connectivity index (χ3v) is 5.00. The minimum absolute atomic E-state index is 0.237. The first kappa shape index (κ1) is 14.9. The molecule has 1 aromatic carbocycles. The lowest BCUT2D eigenvalue weighted by atomic mass is 10.2. The average Bonchev–Trinajstić information content (AvgIpc) is 3.14. The van der Waals surface area contributed by atoms with Gasteiger partial charge in [0.05, 0.1) is 18.3 Å². The molecular formula is C16H16N6OS. The molecule has 0 unspecified atom stereocenters. The molecule has 1 fully saturated rings. The van der Waals surface area contributed by atoms with Crippen LogP contribution < -0.4 is 5.32 Å². The van der Waals surface area contributed by atoms with Crippen molar-refractivity contribution in [2.24, 2.45) is 0 Å². The minimum Gasteiger partial charge on any atom is -0.342 e. The van der Waals surface area contributed by atoms with E-state index in [9.17, 15) is 4.79 Å². The normalized spacial score (nSPS) is 15.2. The van der Waals surface area contributed by atoms with Gasteiger partial charge in [-0.3, -0.25) is 4.79 Å². The molecule has 2 heterocycles. The monoisotopic (exact) mass is 340 g/mol. The highest BCUT2D eigenvalue weighted by atomic mass is 32.1. The first-order chi connectivity index (χ1) is 11.7. The van der Waals surface area contributed by atoms with Crippen LogP contribution in [0.25, 0.3) is 10.6 Å². The summed E-state index contributed by atoms with van der Waals surface area (Å²) in [4.78, 5) is 12.3. The number of hydrogen-bond acceptors (Lipinski definition) is 6. The molecule has 1 aliphatic rings. The topological polar surface area (TPSA) is 85.6 Å². The largest absolute Gasteiger partial charge is 0.342 e. The van der Waals surface area contributed by atoms with Crippen LogP contribution in [0.1, 0.15) is 47.3 Å². The summed E-state index contributed by atoms with van der Waals surface area (Å²) in [5, 5.41) is 20.9. The van der Waals surface area contributed by atoms with E-state index in [-0.39, 0.29) is 11.9 Å². The second-order valence-corrected chi connectivity index (χ2v) is 6.83. The van der Waals surface area contributed by atoms with E-state index in [1.165, 1.54) is 11.3 Å². The third-order valence-electron chi connectivity index (χ3n) is 3.84. The highest BCUT2D eigenvalue weighted by Crippen LogP contribution is 2.33. The Morgan fingerprint density at radius 2 is 2.04 bits per heavy atom. The Morgan fingerprint density at radius 1 is 1.25 bits per heavy atom. The van der Waals surface area contributed by atoms with Crippen molar-refractivity contribution in [3.05, 3.63) is 47.2 Å². The van der Waals surface area contributed by atoms with Gasteiger partial charge >= 0.3 is 0 Å². The fourth-order valence-corrected chi connectivity index (χ4v) is 3.19. The molecule has 0 aliphatic heterocycles. The van der Waals surface area contributed by atoms with E-state index in [0.29, 0.717) is 11.7 Å². The molecule has 4 rings (SSSR count). The molecule has 1 saturated carbocycles. The summed E-state index contributed by atoms with van der Waals surface area (Å²) in [7, 11) is 0. The van der Waals surface area contributed by atoms with Crippen LogP contribution >= 0.6 is 11.3 Å². The van der Waals surface area contributed by atoms with Crippen LogP contribution in [0.3, 0.4) is 0 Å². The quantitative estimate of drug-likeness (QED) is 0.771. The van der Waals surface area contributed by atoms with E-state index >= 15 is 0 Å². The number of aromatic nitrogens is 5. The highest BCUT2D eigenvalue weighted by molar-refractivity contribution is 7.14. The Hall–Kier alpha value is -2.61. The standard InChI is InChI=1S/C16H16N6OS/c1-10(15-19-20-16(24-15)11-5-3-2-4-6-11)17-14(23)13-9-22(21-18-13)12-7-8-12/h2-6,9-10,12H,7-8H2,1H3,(H,17,23)/t10-/m1/s1. The van der Waals surface area contributed by atoms with Crippen LogP contribution in [0.2, 0.25) is 0 Å². The van der Waals surface area contributed by atoms with Gasteiger partial charge in [-0.2, -0.15) is 0 Å². The van der Waals surface area contributed by atoms with Gasteiger partial charge in [-0.1, -0.05) is 46.9 Å². The van der Waals surface area contributed by atoms with Gasteiger partial charge in [0.1, 0.15) is 10.0 Å². The van der Waals surface area contributed by atoms with Gasteiger partial charge < -0.3 is 5.32 Å². The first-order valence-corrected chi connectivity index (χ1v) is 8.64. The fraction of sp³-hybridized carbons (Fsp3) is 0.312. The van der Waals surface area contributed by atoms with Crippen LogP contribution in [0.4, 0.5) is 0 Å². The van der Waals surface area contributed by atoms with Crippen LogP contribution in [0, 0.1) is 0 Å². The number of amides is 1. The van der Waals surface area contributed by atoms with Crippen molar-refractivity contribution in [1.29, 1.82) is 0 Å². The zero-order valence-electron chi connectivity index (χ0n) is 13.1. The molecule has 0 spiro atoms. The van der Waals surface area contributed by atoms with Gasteiger partial charge in [-0.25, -0.2) is 4.68 Å². The summed E-state index contributed by atoms with van der Waals surface area (Å²) in [5.74, 6) is -0.245. The number of nitrogens with zero attached hydrogens (tertiary/aromatic N) is 5. The summed E-state index contributed by atoms with van der Waals surface area (Å²) in [5.41, 5.74) is 1.36. The summed E-state index contributed by atoms with van der Waals surface area (Å²) < 4.78 is 1.76. The Bertz CT molecular complexity index is 854. The lowest BCUT2D eigenvalue weighted by Gasteiger charge is -2.08. The smallest absolute Gasteiger partial charge is 0.274 e. The van der Waals surface area contributed by atoms with Crippen molar-refractivity contribution >= 4 is 17.2 Å². The Labute approximate surface area is 142 Å². The summed E-state index contributed by atoms with van der Waals surface area (Å²) in [6.45, 7) is 1.89. The van der Waals surface area contributed by atoms with E-state index in [1.807, 2.05) is 37.3 Å². The molecule has 0 bridgehead atoms. The van der Waals surface area contributed by atoms with E-state index in [0.717, 1.165) is 28.4 Å². The average molecular weight is 340 g/mol. The number of benzene rings is 1. The highest BCUT2D eigenvalue weighted by Gasteiger charge is 2.26. The van der Waals surface area contributed by atoms with Crippen LogP contribution in [-0.2, 0) is 0 Å². The molecule has 0 saturated heterocycles. The van der Waals surface area contributed by atoms with Gasteiger partial charge in [-0.05, 0) is 19.8 Å². The van der Waals surface area contributed by atoms with Gasteiger partial charge in [0.15, 0.2) is 5.69 Å². The van der Waals surface area contributed by atoms with Crippen molar-refractivity contribution in [2.45, 2.75) is 31.8 Å². The second-order valence-electron chi connectivity index (χ2n) is 5.82. The SMILES string of the molecule is C[C@@H](NC(=O)c1cn(C2CC2)nn1)c1nnc(-c2ccccc2)s1. The Morgan fingerprint density at radius 3 is 2.79 bits per heavy atom. The molecule has 3 aromatic rings. The molecule has 7 nitrogen and oxygen atoms in total. The molecule has 8 heteroatoms. The molecule has 1 aliphatic carbocycles. The molecule has 0 radical (unpaired) electrons. The molecule has 122 valence electrons. The number of hydrogen-bond donors (Lipinski definition) is 1. The van der Waals surface area contributed by atoms with E-state index < -0.39 is 0 Å². The minimum atomic E-state index is -0.245. The molecule has 1 amide bonds. The summed E-state index contributed by atoms with van der Waals surface area (Å²) >= 11 is 1.47. The number of carbonyl (C=O) groups excluding carboxylic acids is 1. The zero-order chi connectivity index (χ0) is 16.5. The third kappa shape index (κ3) is 3.05. The second kappa shape index (κ2) is 6.12. The predicted molar refractivity (Wildman–Crippen MR) is 89.5 cm³/mol. The fourth-order valence-electron chi connectivity index (χ4n) is 2.34. The maximum Gasteiger partial charge on any atom is 0.274 e. The van der Waals surface area contributed by atoms with Crippen molar-refractivity contribution < 1.29 is 4.79 Å². The van der Waals surface area contributed by atoms with Gasteiger partial charge in [-0.15, -0.1) is 15.3 Å². The predicted octanol–water partition coefficient (Wildman–Crippen LogP) is 2.62.